The molecule has 7 heteroatoms. The summed E-state index contributed by atoms with van der Waals surface area (Å²) < 4.78 is 10.9. The lowest BCUT2D eigenvalue weighted by atomic mass is 10.2. The molecule has 128 valence electrons. The van der Waals surface area contributed by atoms with E-state index in [1.165, 1.54) is 0 Å². The van der Waals surface area contributed by atoms with Crippen molar-refractivity contribution in [2.75, 3.05) is 13.2 Å². The van der Waals surface area contributed by atoms with Gasteiger partial charge in [-0.1, -0.05) is 16.8 Å². The molecule has 1 saturated carbocycles. The first-order valence-corrected chi connectivity index (χ1v) is 8.41. The number of ether oxygens (including phenoxy) is 1. The number of amides is 1. The average molecular weight is 350 g/mol. The molecule has 0 radical (unpaired) electrons. The summed E-state index contributed by atoms with van der Waals surface area (Å²) in [6.07, 6.45) is 3.00. The van der Waals surface area contributed by atoms with Crippen molar-refractivity contribution in [3.05, 3.63) is 46.3 Å². The van der Waals surface area contributed by atoms with Gasteiger partial charge in [-0.25, -0.2) is 0 Å². The van der Waals surface area contributed by atoms with Crippen LogP contribution in [-0.2, 0) is 6.54 Å². The van der Waals surface area contributed by atoms with Crippen LogP contribution in [0.4, 0.5) is 0 Å². The van der Waals surface area contributed by atoms with Gasteiger partial charge in [-0.3, -0.25) is 4.79 Å². The number of carbonyl (C=O) groups excluding carboxylic acids is 1. The number of hydrogen-bond donors (Lipinski definition) is 2. The molecule has 2 aromatic rings. The number of aromatic nitrogens is 1. The Hall–Kier alpha value is -2.05. The normalized spacial score (nSPS) is 13.8. The number of carbonyl (C=O) groups is 1. The molecule has 24 heavy (non-hydrogen) atoms. The number of nitrogens with one attached hydrogen (secondary N) is 1. The minimum atomic E-state index is -0.245. The largest absolute Gasteiger partial charge is 0.493 e. The zero-order valence-electron chi connectivity index (χ0n) is 13.3. The van der Waals surface area contributed by atoms with Crippen LogP contribution in [0.1, 0.15) is 47.0 Å². The van der Waals surface area contributed by atoms with Crippen LogP contribution in [0.5, 0.6) is 5.75 Å². The van der Waals surface area contributed by atoms with Gasteiger partial charge in [-0.2, -0.15) is 0 Å². The molecule has 1 heterocycles. The van der Waals surface area contributed by atoms with Gasteiger partial charge >= 0.3 is 0 Å². The predicted octanol–water partition coefficient (Wildman–Crippen LogP) is 2.86. The van der Waals surface area contributed by atoms with Crippen molar-refractivity contribution in [2.45, 2.75) is 31.7 Å². The van der Waals surface area contributed by atoms with Crippen LogP contribution >= 0.6 is 11.6 Å². The monoisotopic (exact) mass is 349 g/mol. The summed E-state index contributed by atoms with van der Waals surface area (Å²) in [6, 6.07) is 6.84. The minimum absolute atomic E-state index is 0.245. The van der Waals surface area contributed by atoms with Crippen molar-refractivity contribution in [3.63, 3.8) is 0 Å². The maximum Gasteiger partial charge on any atom is 0.255 e. The molecule has 0 saturated heterocycles. The molecule has 1 amide bonds. The molecule has 1 aromatic carbocycles. The van der Waals surface area contributed by atoms with E-state index < -0.39 is 0 Å². The molecule has 0 spiro atoms. The van der Waals surface area contributed by atoms with Crippen LogP contribution in [-0.4, -0.2) is 24.2 Å². The second-order valence-electron chi connectivity index (χ2n) is 5.81. The van der Waals surface area contributed by atoms with Crippen molar-refractivity contribution in [1.82, 2.24) is 10.5 Å². The Morgan fingerprint density at radius 3 is 3.00 bits per heavy atom. The van der Waals surface area contributed by atoms with Crippen LogP contribution in [0.3, 0.4) is 0 Å². The lowest BCUT2D eigenvalue weighted by Crippen LogP contribution is -2.23. The Bertz CT molecular complexity index is 713. The van der Waals surface area contributed by atoms with E-state index in [2.05, 4.69) is 10.5 Å². The summed E-state index contributed by atoms with van der Waals surface area (Å²) >= 11 is 5.99. The molecule has 0 aliphatic heterocycles. The predicted molar refractivity (Wildman–Crippen MR) is 90.3 cm³/mol. The van der Waals surface area contributed by atoms with Crippen LogP contribution < -0.4 is 15.8 Å². The maximum absolute atomic E-state index is 12.4. The first-order valence-electron chi connectivity index (χ1n) is 8.03. The smallest absolute Gasteiger partial charge is 0.255 e. The Morgan fingerprint density at radius 2 is 2.25 bits per heavy atom. The lowest BCUT2D eigenvalue weighted by Gasteiger charge is -2.11. The third-order valence-corrected chi connectivity index (χ3v) is 4.02. The molecule has 0 bridgehead atoms. The molecule has 0 atom stereocenters. The molecule has 1 fully saturated rings. The van der Waals surface area contributed by atoms with E-state index in [1.807, 2.05) is 6.07 Å². The Balaban J connectivity index is 1.62. The molecular weight excluding hydrogens is 330 g/mol. The van der Waals surface area contributed by atoms with Crippen molar-refractivity contribution < 1.29 is 14.1 Å². The fraction of sp³-hybridized carbons (Fsp3) is 0.412. The molecule has 3 N–H and O–H groups in total. The van der Waals surface area contributed by atoms with Crippen LogP contribution in [0.25, 0.3) is 0 Å². The van der Waals surface area contributed by atoms with E-state index in [0.717, 1.165) is 18.6 Å². The standard InChI is InChI=1S/C17H20ClN3O3/c18-12-4-5-14(16(8-12)23-7-1-6-19)17(22)20-10-13-9-15(24-21-13)11-2-3-11/h4-5,8-9,11H,1-3,6-7,10,19H2,(H,20,22). The first kappa shape index (κ1) is 16.8. The van der Waals surface area contributed by atoms with E-state index in [9.17, 15) is 4.79 Å². The van der Waals surface area contributed by atoms with Gasteiger partial charge in [0.25, 0.3) is 5.91 Å². The summed E-state index contributed by atoms with van der Waals surface area (Å²) in [5, 5.41) is 7.33. The van der Waals surface area contributed by atoms with Crippen molar-refractivity contribution in [2.24, 2.45) is 5.73 Å². The first-order chi connectivity index (χ1) is 11.7. The summed E-state index contributed by atoms with van der Waals surface area (Å²) in [5.41, 5.74) is 6.60. The van der Waals surface area contributed by atoms with Gasteiger partial charge in [0.1, 0.15) is 17.2 Å². The molecular formula is C17H20ClN3O3. The lowest BCUT2D eigenvalue weighted by molar-refractivity contribution is 0.0946. The summed E-state index contributed by atoms with van der Waals surface area (Å²) in [4.78, 5) is 12.4. The number of halogens is 1. The van der Waals surface area contributed by atoms with Crippen molar-refractivity contribution in [1.29, 1.82) is 0 Å². The Morgan fingerprint density at radius 1 is 1.42 bits per heavy atom. The zero-order chi connectivity index (χ0) is 16.9. The molecule has 6 nitrogen and oxygen atoms in total. The SMILES string of the molecule is NCCCOc1cc(Cl)ccc1C(=O)NCc1cc(C2CC2)on1. The molecule has 3 rings (SSSR count). The number of rotatable bonds is 8. The van der Waals surface area contributed by atoms with Gasteiger partial charge in [0.2, 0.25) is 0 Å². The van der Waals surface area contributed by atoms with E-state index in [4.69, 9.17) is 26.6 Å². The minimum Gasteiger partial charge on any atom is -0.493 e. The van der Waals surface area contributed by atoms with Gasteiger partial charge in [-0.05, 0) is 44.0 Å². The van der Waals surface area contributed by atoms with Gasteiger partial charge in [0.05, 0.1) is 18.7 Å². The fourth-order valence-corrected chi connectivity index (χ4v) is 2.47. The molecule has 1 aliphatic carbocycles. The number of nitrogens with zero attached hydrogens (tertiary/aromatic N) is 1. The highest BCUT2D eigenvalue weighted by Gasteiger charge is 2.27. The number of hydrogen-bond acceptors (Lipinski definition) is 5. The van der Waals surface area contributed by atoms with Gasteiger partial charge in [-0.15, -0.1) is 0 Å². The van der Waals surface area contributed by atoms with Crippen molar-refractivity contribution in [3.8, 4) is 5.75 Å². The summed E-state index contributed by atoms with van der Waals surface area (Å²) in [5.74, 6) is 1.61. The van der Waals surface area contributed by atoms with E-state index in [0.29, 0.717) is 54.1 Å². The molecule has 0 unspecified atom stereocenters. The quantitative estimate of drug-likeness (QED) is 0.715. The van der Waals surface area contributed by atoms with Gasteiger partial charge in [0.15, 0.2) is 0 Å². The highest BCUT2D eigenvalue weighted by Crippen LogP contribution is 2.40. The zero-order valence-corrected chi connectivity index (χ0v) is 14.0. The third-order valence-electron chi connectivity index (χ3n) is 3.78. The summed E-state index contributed by atoms with van der Waals surface area (Å²) in [7, 11) is 0. The molecule has 1 aliphatic rings. The highest BCUT2D eigenvalue weighted by atomic mass is 35.5. The average Bonchev–Trinajstić information content (AvgIpc) is 3.32. The Labute approximate surface area is 145 Å². The van der Waals surface area contributed by atoms with Crippen LogP contribution in [0, 0.1) is 0 Å². The number of benzene rings is 1. The maximum atomic E-state index is 12.4. The second kappa shape index (κ2) is 7.68. The van der Waals surface area contributed by atoms with Crippen molar-refractivity contribution >= 4 is 17.5 Å². The molecule has 1 aromatic heterocycles. The van der Waals surface area contributed by atoms with E-state index in [1.54, 1.807) is 18.2 Å². The van der Waals surface area contributed by atoms with Gasteiger partial charge in [0, 0.05) is 17.0 Å². The van der Waals surface area contributed by atoms with Crippen LogP contribution in [0.15, 0.2) is 28.8 Å². The summed E-state index contributed by atoms with van der Waals surface area (Å²) in [6.45, 7) is 1.27. The number of nitrogens with two attached hydrogens (primary N) is 1. The van der Waals surface area contributed by atoms with Gasteiger partial charge < -0.3 is 20.3 Å². The topological polar surface area (TPSA) is 90.4 Å². The van der Waals surface area contributed by atoms with Crippen LogP contribution in [0.2, 0.25) is 5.02 Å². The highest BCUT2D eigenvalue weighted by molar-refractivity contribution is 6.30. The Kier molecular flexibility index (Phi) is 5.37. The second-order valence-corrected chi connectivity index (χ2v) is 6.25. The van der Waals surface area contributed by atoms with E-state index in [-0.39, 0.29) is 5.91 Å². The van der Waals surface area contributed by atoms with E-state index >= 15 is 0 Å². The third kappa shape index (κ3) is 4.27. The fourth-order valence-electron chi connectivity index (χ4n) is 2.31.